The highest BCUT2D eigenvalue weighted by molar-refractivity contribution is 4.69. The number of rotatable bonds is 4. The summed E-state index contributed by atoms with van der Waals surface area (Å²) in [5.74, 6) is 0. The van der Waals surface area contributed by atoms with Gasteiger partial charge >= 0.3 is 0 Å². The Kier molecular flexibility index (Phi) is 4.74. The third-order valence-corrected chi connectivity index (χ3v) is 2.09. The second kappa shape index (κ2) is 4.76. The summed E-state index contributed by atoms with van der Waals surface area (Å²) in [6, 6.07) is 0. The van der Waals surface area contributed by atoms with Crippen molar-refractivity contribution >= 4 is 0 Å². The fraction of sp³-hybridized carbons (Fsp3) is 1.00. The van der Waals surface area contributed by atoms with Gasteiger partial charge in [-0.25, -0.2) is 0 Å². The minimum Gasteiger partial charge on any atom is -0.378 e. The zero-order valence-electron chi connectivity index (χ0n) is 8.61. The maximum absolute atomic E-state index is 5.65. The van der Waals surface area contributed by atoms with Crippen LogP contribution in [0.5, 0.6) is 0 Å². The van der Waals surface area contributed by atoms with Crippen molar-refractivity contribution in [2.24, 2.45) is 5.41 Å². The lowest BCUT2D eigenvalue weighted by Gasteiger charge is -2.27. The lowest BCUT2D eigenvalue weighted by molar-refractivity contribution is -0.00592. The minimum atomic E-state index is 0.285. The lowest BCUT2D eigenvalue weighted by atomic mass is 9.90. The second-order valence-electron chi connectivity index (χ2n) is 4.23. The first-order chi connectivity index (χ1) is 4.98. The summed E-state index contributed by atoms with van der Waals surface area (Å²) >= 11 is 0. The quantitative estimate of drug-likeness (QED) is 0.571. The molecule has 0 spiro atoms. The van der Waals surface area contributed by atoms with E-state index in [0.29, 0.717) is 6.10 Å². The van der Waals surface area contributed by atoms with Crippen LogP contribution >= 0.6 is 0 Å². The molecule has 0 saturated heterocycles. The third-order valence-electron chi connectivity index (χ3n) is 2.09. The highest BCUT2D eigenvalue weighted by Gasteiger charge is 2.19. The maximum Gasteiger partial charge on any atom is 0.0595 e. The molecule has 0 amide bonds. The standard InChI is InChI=1S/C10H22O/c1-6-7-8-11-9(2)10(3,4)5/h9H,6-8H2,1-5H3. The van der Waals surface area contributed by atoms with Gasteiger partial charge in [0, 0.05) is 6.61 Å². The van der Waals surface area contributed by atoms with E-state index in [2.05, 4.69) is 34.6 Å². The molecule has 1 unspecified atom stereocenters. The Labute approximate surface area is 71.1 Å². The Morgan fingerprint density at radius 2 is 1.82 bits per heavy atom. The zero-order valence-corrected chi connectivity index (χ0v) is 8.61. The smallest absolute Gasteiger partial charge is 0.0595 e. The van der Waals surface area contributed by atoms with E-state index >= 15 is 0 Å². The monoisotopic (exact) mass is 158 g/mol. The fourth-order valence-electron chi connectivity index (χ4n) is 0.654. The average molecular weight is 158 g/mol. The molecule has 0 heterocycles. The molecular weight excluding hydrogens is 136 g/mol. The van der Waals surface area contributed by atoms with Crippen molar-refractivity contribution in [3.8, 4) is 0 Å². The maximum atomic E-state index is 5.65. The summed E-state index contributed by atoms with van der Waals surface area (Å²) < 4.78 is 5.65. The van der Waals surface area contributed by atoms with Crippen LogP contribution in [0.1, 0.15) is 47.5 Å². The first-order valence-electron chi connectivity index (χ1n) is 4.60. The third kappa shape index (κ3) is 5.25. The van der Waals surface area contributed by atoms with Crippen LogP contribution in [0.3, 0.4) is 0 Å². The molecule has 68 valence electrons. The molecule has 1 nitrogen and oxygen atoms in total. The van der Waals surface area contributed by atoms with Gasteiger partial charge in [0.05, 0.1) is 6.10 Å². The van der Waals surface area contributed by atoms with Gasteiger partial charge in [-0.05, 0) is 18.8 Å². The molecule has 1 heteroatoms. The number of unbranched alkanes of at least 4 members (excludes halogenated alkanes) is 1. The molecule has 11 heavy (non-hydrogen) atoms. The van der Waals surface area contributed by atoms with Crippen molar-refractivity contribution < 1.29 is 4.74 Å². The summed E-state index contributed by atoms with van der Waals surface area (Å²) in [6.45, 7) is 11.9. The molecule has 0 aliphatic carbocycles. The van der Waals surface area contributed by atoms with E-state index < -0.39 is 0 Å². The van der Waals surface area contributed by atoms with Crippen molar-refractivity contribution in [1.82, 2.24) is 0 Å². The van der Waals surface area contributed by atoms with Crippen molar-refractivity contribution in [3.63, 3.8) is 0 Å². The molecule has 0 radical (unpaired) electrons. The van der Waals surface area contributed by atoms with Gasteiger partial charge in [0.2, 0.25) is 0 Å². The number of hydrogen-bond donors (Lipinski definition) is 0. The first-order valence-corrected chi connectivity index (χ1v) is 4.60. The fourth-order valence-corrected chi connectivity index (χ4v) is 0.654. The van der Waals surface area contributed by atoms with Crippen LogP contribution in [0.15, 0.2) is 0 Å². The molecule has 0 aromatic carbocycles. The van der Waals surface area contributed by atoms with E-state index in [1.54, 1.807) is 0 Å². The van der Waals surface area contributed by atoms with Gasteiger partial charge in [-0.1, -0.05) is 34.1 Å². The molecular formula is C10H22O. The Hall–Kier alpha value is -0.0400. The van der Waals surface area contributed by atoms with E-state index in [1.165, 1.54) is 12.8 Å². The zero-order chi connectivity index (χ0) is 8.91. The van der Waals surface area contributed by atoms with E-state index in [4.69, 9.17) is 4.74 Å². The molecule has 1 atom stereocenters. The van der Waals surface area contributed by atoms with Crippen LogP contribution in [0, 0.1) is 5.41 Å². The largest absolute Gasteiger partial charge is 0.378 e. The van der Waals surface area contributed by atoms with Crippen molar-refractivity contribution in [2.75, 3.05) is 6.61 Å². The predicted octanol–water partition coefficient (Wildman–Crippen LogP) is 3.24. The molecule has 0 bridgehead atoms. The van der Waals surface area contributed by atoms with Crippen LogP contribution in [-0.2, 0) is 4.74 Å². The summed E-state index contributed by atoms with van der Waals surface area (Å²) in [5, 5.41) is 0. The molecule has 0 aliphatic rings. The Bertz CT molecular complexity index is 91.5. The van der Waals surface area contributed by atoms with Crippen molar-refractivity contribution in [2.45, 2.75) is 53.6 Å². The van der Waals surface area contributed by atoms with Gasteiger partial charge < -0.3 is 4.74 Å². The highest BCUT2D eigenvalue weighted by Crippen LogP contribution is 2.21. The van der Waals surface area contributed by atoms with Crippen molar-refractivity contribution in [1.29, 1.82) is 0 Å². The molecule has 0 aromatic heterocycles. The summed E-state index contributed by atoms with van der Waals surface area (Å²) in [7, 11) is 0. The van der Waals surface area contributed by atoms with Crippen molar-refractivity contribution in [3.05, 3.63) is 0 Å². The molecule has 0 saturated carbocycles. The summed E-state index contributed by atoms with van der Waals surface area (Å²) in [4.78, 5) is 0. The number of ether oxygens (including phenoxy) is 1. The van der Waals surface area contributed by atoms with Crippen LogP contribution in [0.4, 0.5) is 0 Å². The van der Waals surface area contributed by atoms with E-state index in [0.717, 1.165) is 6.61 Å². The molecule has 0 aliphatic heterocycles. The average Bonchev–Trinajstić information content (AvgIpc) is 1.86. The van der Waals surface area contributed by atoms with E-state index in [1.807, 2.05) is 0 Å². The lowest BCUT2D eigenvalue weighted by Crippen LogP contribution is -2.26. The van der Waals surface area contributed by atoms with Gasteiger partial charge in [-0.2, -0.15) is 0 Å². The minimum absolute atomic E-state index is 0.285. The van der Waals surface area contributed by atoms with Crippen LogP contribution < -0.4 is 0 Å². The van der Waals surface area contributed by atoms with Gasteiger partial charge in [0.15, 0.2) is 0 Å². The van der Waals surface area contributed by atoms with Crippen LogP contribution in [0.25, 0.3) is 0 Å². The first kappa shape index (κ1) is 11.0. The number of hydrogen-bond acceptors (Lipinski definition) is 1. The molecule has 0 rings (SSSR count). The SMILES string of the molecule is CCCCOC(C)C(C)(C)C. The van der Waals surface area contributed by atoms with Crippen LogP contribution in [-0.4, -0.2) is 12.7 Å². The normalized spacial score (nSPS) is 15.0. The van der Waals surface area contributed by atoms with Gasteiger partial charge in [-0.15, -0.1) is 0 Å². The second-order valence-corrected chi connectivity index (χ2v) is 4.23. The topological polar surface area (TPSA) is 9.23 Å². The summed E-state index contributed by atoms with van der Waals surface area (Å²) in [5.41, 5.74) is 0.285. The highest BCUT2D eigenvalue weighted by atomic mass is 16.5. The van der Waals surface area contributed by atoms with E-state index in [9.17, 15) is 0 Å². The Morgan fingerprint density at radius 1 is 1.27 bits per heavy atom. The van der Waals surface area contributed by atoms with E-state index in [-0.39, 0.29) is 5.41 Å². The van der Waals surface area contributed by atoms with Gasteiger partial charge in [0.25, 0.3) is 0 Å². The van der Waals surface area contributed by atoms with Gasteiger partial charge in [-0.3, -0.25) is 0 Å². The molecule has 0 aromatic rings. The molecule has 0 fully saturated rings. The Balaban J connectivity index is 3.44. The van der Waals surface area contributed by atoms with Crippen LogP contribution in [0.2, 0.25) is 0 Å². The predicted molar refractivity (Wildman–Crippen MR) is 49.8 cm³/mol. The molecule has 0 N–H and O–H groups in total. The Morgan fingerprint density at radius 3 is 2.18 bits per heavy atom. The van der Waals surface area contributed by atoms with Gasteiger partial charge in [0.1, 0.15) is 0 Å². The summed E-state index contributed by atoms with van der Waals surface area (Å²) in [6.07, 6.45) is 2.77.